The molecule has 102 valence electrons. The van der Waals surface area contributed by atoms with Crippen LogP contribution in [0.2, 0.25) is 4.34 Å². The first kappa shape index (κ1) is 13.0. The highest BCUT2D eigenvalue weighted by Crippen LogP contribution is 2.26. The van der Waals surface area contributed by atoms with Crippen LogP contribution in [0.3, 0.4) is 0 Å². The van der Waals surface area contributed by atoms with Crippen LogP contribution in [0.25, 0.3) is 0 Å². The zero-order valence-corrected chi connectivity index (χ0v) is 12.3. The number of nitrogens with zero attached hydrogens (tertiary/aromatic N) is 2. The summed E-state index contributed by atoms with van der Waals surface area (Å²) >= 11 is 7.61. The number of aromatic nitrogens is 2. The lowest BCUT2D eigenvalue weighted by molar-refractivity contribution is 0.377. The Kier molecular flexibility index (Phi) is 3.77. The second-order valence-electron chi connectivity index (χ2n) is 4.92. The van der Waals surface area contributed by atoms with Gasteiger partial charge in [0, 0.05) is 42.5 Å². The largest absolute Gasteiger partial charge is 0.370 e. The third kappa shape index (κ3) is 2.94. The van der Waals surface area contributed by atoms with E-state index < -0.39 is 0 Å². The van der Waals surface area contributed by atoms with Crippen molar-refractivity contribution < 1.29 is 0 Å². The van der Waals surface area contributed by atoms with Crippen LogP contribution >= 0.6 is 22.9 Å². The summed E-state index contributed by atoms with van der Waals surface area (Å²) in [4.78, 5) is 1.29. The number of hydrogen-bond donors (Lipinski definition) is 2. The Morgan fingerprint density at radius 1 is 1.58 bits per heavy atom. The molecule has 1 aliphatic heterocycles. The average molecular weight is 297 g/mol. The summed E-state index contributed by atoms with van der Waals surface area (Å²) in [5, 5.41) is 11.3. The molecule has 6 heteroatoms. The Bertz CT molecular complexity index is 550. The molecule has 0 aromatic carbocycles. The topological polar surface area (TPSA) is 41.9 Å². The minimum atomic E-state index is 0.344. The lowest BCUT2D eigenvalue weighted by Crippen LogP contribution is -2.36. The molecule has 4 nitrogen and oxygen atoms in total. The van der Waals surface area contributed by atoms with Crippen LogP contribution in [0.15, 0.2) is 24.4 Å². The van der Waals surface area contributed by atoms with Crippen molar-refractivity contribution >= 4 is 28.8 Å². The number of fused-ring (bicyclic) bond motifs is 1. The number of nitrogens with one attached hydrogen (secondary N) is 2. The Balaban J connectivity index is 1.53. The van der Waals surface area contributed by atoms with Crippen molar-refractivity contribution in [1.29, 1.82) is 0 Å². The van der Waals surface area contributed by atoms with Crippen LogP contribution in [0.5, 0.6) is 0 Å². The molecule has 0 radical (unpaired) electrons. The van der Waals surface area contributed by atoms with Crippen LogP contribution in [0, 0.1) is 5.92 Å². The van der Waals surface area contributed by atoms with Gasteiger partial charge in [-0.3, -0.25) is 0 Å². The maximum absolute atomic E-state index is 5.97. The molecule has 0 spiro atoms. The first-order chi connectivity index (χ1) is 9.22. The molecule has 19 heavy (non-hydrogen) atoms. The molecule has 0 amide bonds. The maximum Gasteiger partial charge on any atom is 0.124 e. The van der Waals surface area contributed by atoms with E-state index in [0.29, 0.717) is 12.0 Å². The summed E-state index contributed by atoms with van der Waals surface area (Å²) in [6, 6.07) is 6.41. The molecule has 0 saturated carbocycles. The third-order valence-corrected chi connectivity index (χ3v) is 4.87. The molecule has 0 aliphatic carbocycles. The smallest absolute Gasteiger partial charge is 0.124 e. The maximum atomic E-state index is 5.97. The van der Waals surface area contributed by atoms with Gasteiger partial charge in [-0.1, -0.05) is 11.6 Å². The monoisotopic (exact) mass is 296 g/mol. The number of halogens is 1. The lowest BCUT2D eigenvalue weighted by Gasteiger charge is -2.26. The molecular formula is C13H17ClN4S. The zero-order chi connectivity index (χ0) is 13.2. The Labute approximate surface area is 121 Å². The van der Waals surface area contributed by atoms with E-state index in [1.54, 1.807) is 11.3 Å². The predicted octanol–water partition coefficient (Wildman–Crippen LogP) is 2.99. The van der Waals surface area contributed by atoms with E-state index in [2.05, 4.69) is 28.7 Å². The van der Waals surface area contributed by atoms with Gasteiger partial charge in [0.15, 0.2) is 0 Å². The van der Waals surface area contributed by atoms with Crippen molar-refractivity contribution in [2.75, 3.05) is 18.4 Å². The minimum absolute atomic E-state index is 0.344. The summed E-state index contributed by atoms with van der Waals surface area (Å²) in [6.45, 7) is 5.12. The van der Waals surface area contributed by atoms with Gasteiger partial charge < -0.3 is 10.6 Å². The second kappa shape index (κ2) is 5.53. The summed E-state index contributed by atoms with van der Waals surface area (Å²) in [6.07, 6.45) is 1.84. The molecule has 1 aliphatic rings. The van der Waals surface area contributed by atoms with Gasteiger partial charge in [0.2, 0.25) is 0 Å². The van der Waals surface area contributed by atoms with Gasteiger partial charge in [0.25, 0.3) is 0 Å². The Hall–Kier alpha value is -1.04. The van der Waals surface area contributed by atoms with E-state index in [0.717, 1.165) is 29.8 Å². The summed E-state index contributed by atoms with van der Waals surface area (Å²) in [5.41, 5.74) is 0. The van der Waals surface area contributed by atoms with Crippen molar-refractivity contribution in [3.63, 3.8) is 0 Å². The number of thiophene rings is 1. The number of anilines is 1. The molecule has 0 fully saturated rings. The molecule has 0 unspecified atom stereocenters. The standard InChI is InChI=1S/C13H17ClN4S/c1-9(11-2-3-12(14)19-11)15-6-10-7-16-13-4-5-17-18(13)8-10/h2-5,9-10,15-16H,6-8H2,1H3/t9-,10-/m1/s1. The van der Waals surface area contributed by atoms with Crippen molar-refractivity contribution in [2.24, 2.45) is 5.92 Å². The molecule has 3 rings (SSSR count). The van der Waals surface area contributed by atoms with E-state index in [1.165, 1.54) is 4.88 Å². The van der Waals surface area contributed by atoms with Crippen molar-refractivity contribution in [3.8, 4) is 0 Å². The molecule has 2 aromatic heterocycles. The molecule has 0 bridgehead atoms. The van der Waals surface area contributed by atoms with Gasteiger partial charge in [-0.15, -0.1) is 11.3 Å². The van der Waals surface area contributed by atoms with Gasteiger partial charge >= 0.3 is 0 Å². The van der Waals surface area contributed by atoms with Crippen LogP contribution in [0.4, 0.5) is 5.82 Å². The van der Waals surface area contributed by atoms with E-state index in [9.17, 15) is 0 Å². The third-order valence-electron chi connectivity index (χ3n) is 3.45. The van der Waals surface area contributed by atoms with Gasteiger partial charge in [-0.05, 0) is 19.1 Å². The van der Waals surface area contributed by atoms with Crippen LogP contribution in [0.1, 0.15) is 17.8 Å². The van der Waals surface area contributed by atoms with Gasteiger partial charge in [-0.25, -0.2) is 4.68 Å². The summed E-state index contributed by atoms with van der Waals surface area (Å²) in [7, 11) is 0. The fourth-order valence-corrected chi connectivity index (χ4v) is 3.42. The fraction of sp³-hybridized carbons (Fsp3) is 0.462. The molecule has 3 heterocycles. The quantitative estimate of drug-likeness (QED) is 0.911. The molecule has 2 aromatic rings. The number of rotatable bonds is 4. The van der Waals surface area contributed by atoms with Crippen LogP contribution in [-0.4, -0.2) is 22.9 Å². The average Bonchev–Trinajstić information content (AvgIpc) is 3.03. The van der Waals surface area contributed by atoms with Crippen molar-refractivity contribution in [3.05, 3.63) is 33.6 Å². The lowest BCUT2D eigenvalue weighted by atomic mass is 10.1. The van der Waals surface area contributed by atoms with E-state index in [4.69, 9.17) is 11.6 Å². The summed E-state index contributed by atoms with van der Waals surface area (Å²) in [5.74, 6) is 1.68. The summed E-state index contributed by atoms with van der Waals surface area (Å²) < 4.78 is 2.88. The van der Waals surface area contributed by atoms with E-state index in [-0.39, 0.29) is 0 Å². The Morgan fingerprint density at radius 3 is 3.26 bits per heavy atom. The highest BCUT2D eigenvalue weighted by molar-refractivity contribution is 7.16. The highest BCUT2D eigenvalue weighted by atomic mass is 35.5. The van der Waals surface area contributed by atoms with Crippen molar-refractivity contribution in [1.82, 2.24) is 15.1 Å². The number of hydrogen-bond acceptors (Lipinski definition) is 4. The normalized spacial score (nSPS) is 19.8. The highest BCUT2D eigenvalue weighted by Gasteiger charge is 2.19. The molecule has 2 atom stereocenters. The van der Waals surface area contributed by atoms with E-state index in [1.807, 2.05) is 23.0 Å². The minimum Gasteiger partial charge on any atom is -0.370 e. The van der Waals surface area contributed by atoms with Gasteiger partial charge in [0.1, 0.15) is 5.82 Å². The predicted molar refractivity (Wildman–Crippen MR) is 80.0 cm³/mol. The van der Waals surface area contributed by atoms with Crippen LogP contribution in [-0.2, 0) is 6.54 Å². The zero-order valence-electron chi connectivity index (χ0n) is 10.8. The first-order valence-electron chi connectivity index (χ1n) is 6.46. The van der Waals surface area contributed by atoms with E-state index >= 15 is 0 Å². The Morgan fingerprint density at radius 2 is 2.47 bits per heavy atom. The van der Waals surface area contributed by atoms with Gasteiger partial charge in [0.05, 0.1) is 10.5 Å². The van der Waals surface area contributed by atoms with Crippen LogP contribution < -0.4 is 10.6 Å². The second-order valence-corrected chi connectivity index (χ2v) is 6.66. The molecule has 2 N–H and O–H groups in total. The van der Waals surface area contributed by atoms with Crippen molar-refractivity contribution in [2.45, 2.75) is 19.5 Å². The first-order valence-corrected chi connectivity index (χ1v) is 7.66. The molecular weight excluding hydrogens is 280 g/mol. The van der Waals surface area contributed by atoms with Gasteiger partial charge in [-0.2, -0.15) is 5.10 Å². The SMILES string of the molecule is C[C@@H](NC[C@@H]1CNc2ccnn2C1)c1ccc(Cl)s1. The fourth-order valence-electron chi connectivity index (χ4n) is 2.33. The molecule has 0 saturated heterocycles.